The van der Waals surface area contributed by atoms with Crippen LogP contribution in [0.3, 0.4) is 0 Å². The number of rotatable bonds is 7. The molecule has 1 unspecified atom stereocenters. The smallest absolute Gasteiger partial charge is 0.275 e. The molecule has 1 aliphatic heterocycles. The molecular formula is C21H25F2N5O4. The van der Waals surface area contributed by atoms with E-state index in [9.17, 15) is 28.3 Å². The molecule has 1 aliphatic rings. The van der Waals surface area contributed by atoms with Gasteiger partial charge in [-0.2, -0.15) is 0 Å². The summed E-state index contributed by atoms with van der Waals surface area (Å²) >= 11 is 0. The highest BCUT2D eigenvalue weighted by molar-refractivity contribution is 5.98. The van der Waals surface area contributed by atoms with E-state index in [4.69, 9.17) is 0 Å². The summed E-state index contributed by atoms with van der Waals surface area (Å²) in [6, 6.07) is 2.89. The molecule has 2 heterocycles. The second-order valence-corrected chi connectivity index (χ2v) is 7.43. The third-order valence-corrected chi connectivity index (χ3v) is 5.65. The highest BCUT2D eigenvalue weighted by Crippen LogP contribution is 2.23. The number of benzene rings is 1. The predicted molar refractivity (Wildman–Crippen MR) is 112 cm³/mol. The Kier molecular flexibility index (Phi) is 6.90. The van der Waals surface area contributed by atoms with Crippen LogP contribution in [0.5, 0.6) is 5.75 Å². The first-order chi connectivity index (χ1) is 15.2. The summed E-state index contributed by atoms with van der Waals surface area (Å²) in [5.74, 6) is -3.97. The van der Waals surface area contributed by atoms with Crippen LogP contribution in [0, 0.1) is 11.6 Å². The molecule has 1 aromatic carbocycles. The summed E-state index contributed by atoms with van der Waals surface area (Å²) < 4.78 is 26.7. The van der Waals surface area contributed by atoms with Gasteiger partial charge >= 0.3 is 0 Å². The van der Waals surface area contributed by atoms with Gasteiger partial charge in [-0.25, -0.2) is 8.78 Å². The van der Waals surface area contributed by atoms with Crippen molar-refractivity contribution in [2.45, 2.75) is 25.6 Å². The van der Waals surface area contributed by atoms with Gasteiger partial charge in [-0.3, -0.25) is 19.7 Å². The van der Waals surface area contributed by atoms with Crippen LogP contribution < -0.4 is 21.4 Å². The lowest BCUT2D eigenvalue weighted by Crippen LogP contribution is -2.61. The van der Waals surface area contributed by atoms with Crippen LogP contribution in [-0.4, -0.2) is 59.1 Å². The fraction of sp³-hybridized carbons (Fsp3) is 0.381. The number of halogens is 2. The molecule has 2 amide bonds. The topological polar surface area (TPSA) is 127 Å². The van der Waals surface area contributed by atoms with Crippen molar-refractivity contribution in [3.8, 4) is 5.75 Å². The first-order valence-electron chi connectivity index (χ1n) is 10.1. The molecule has 2 aromatic rings. The maximum atomic E-state index is 13.7. The number of carbonyl (C=O) groups is 2. The third-order valence-electron chi connectivity index (χ3n) is 5.65. The first kappa shape index (κ1) is 23.4. The molecule has 172 valence electrons. The fourth-order valence-electron chi connectivity index (χ4n) is 3.82. The molecule has 3 rings (SSSR count). The molecular weight excluding hydrogens is 424 g/mol. The SMILES string of the molecule is CCN(C(=O)c1[nH]cc(C(=O)NCc2ccc(F)cc2F)c(=O)c1O)C1(NC)CCNC1. The summed E-state index contributed by atoms with van der Waals surface area (Å²) in [5.41, 5.74) is -2.48. The van der Waals surface area contributed by atoms with Gasteiger partial charge < -0.3 is 25.6 Å². The molecule has 1 fully saturated rings. The van der Waals surface area contributed by atoms with Gasteiger partial charge in [0.1, 0.15) is 22.9 Å². The van der Waals surface area contributed by atoms with E-state index in [0.717, 1.165) is 12.3 Å². The number of hydrogen-bond acceptors (Lipinski definition) is 6. The van der Waals surface area contributed by atoms with Crippen molar-refractivity contribution in [2.75, 3.05) is 26.7 Å². The van der Waals surface area contributed by atoms with Crippen LogP contribution in [0.2, 0.25) is 0 Å². The number of aromatic amines is 1. The molecule has 1 saturated heterocycles. The number of pyridine rings is 1. The Morgan fingerprint density at radius 3 is 2.66 bits per heavy atom. The van der Waals surface area contributed by atoms with Crippen molar-refractivity contribution in [3.63, 3.8) is 0 Å². The van der Waals surface area contributed by atoms with Gasteiger partial charge in [-0.1, -0.05) is 6.07 Å². The monoisotopic (exact) mass is 449 g/mol. The zero-order chi connectivity index (χ0) is 23.5. The van der Waals surface area contributed by atoms with Crippen LogP contribution in [0.25, 0.3) is 0 Å². The van der Waals surface area contributed by atoms with Gasteiger partial charge in [-0.15, -0.1) is 0 Å². The number of nitrogens with zero attached hydrogens (tertiary/aromatic N) is 1. The minimum Gasteiger partial charge on any atom is -0.503 e. The van der Waals surface area contributed by atoms with E-state index in [1.54, 1.807) is 14.0 Å². The minimum absolute atomic E-state index is 0.0216. The Morgan fingerprint density at radius 1 is 1.31 bits per heavy atom. The highest BCUT2D eigenvalue weighted by atomic mass is 19.1. The molecule has 32 heavy (non-hydrogen) atoms. The van der Waals surface area contributed by atoms with Gasteiger partial charge in [0.05, 0.1) is 0 Å². The summed E-state index contributed by atoms with van der Waals surface area (Å²) in [6.45, 7) is 2.98. The van der Waals surface area contributed by atoms with E-state index in [-0.39, 0.29) is 17.8 Å². The average Bonchev–Trinajstić information content (AvgIpc) is 3.25. The van der Waals surface area contributed by atoms with E-state index in [1.165, 1.54) is 11.0 Å². The Morgan fingerprint density at radius 2 is 2.06 bits per heavy atom. The molecule has 0 radical (unpaired) electrons. The zero-order valence-corrected chi connectivity index (χ0v) is 17.7. The molecule has 0 bridgehead atoms. The highest BCUT2D eigenvalue weighted by Gasteiger charge is 2.41. The van der Waals surface area contributed by atoms with E-state index < -0.39 is 45.9 Å². The van der Waals surface area contributed by atoms with E-state index in [0.29, 0.717) is 32.1 Å². The summed E-state index contributed by atoms with van der Waals surface area (Å²) in [5, 5.41) is 19.0. The van der Waals surface area contributed by atoms with E-state index in [1.807, 2.05) is 0 Å². The van der Waals surface area contributed by atoms with Crippen LogP contribution >= 0.6 is 0 Å². The number of nitrogens with one attached hydrogen (secondary N) is 4. The van der Waals surface area contributed by atoms with Gasteiger partial charge in [0.25, 0.3) is 11.8 Å². The maximum Gasteiger partial charge on any atom is 0.275 e. The fourth-order valence-corrected chi connectivity index (χ4v) is 3.82. The Hall–Kier alpha value is -3.31. The number of H-pyrrole nitrogens is 1. The molecule has 11 heteroatoms. The zero-order valence-electron chi connectivity index (χ0n) is 17.7. The van der Waals surface area contributed by atoms with Crippen molar-refractivity contribution in [1.29, 1.82) is 0 Å². The van der Waals surface area contributed by atoms with Crippen molar-refractivity contribution in [2.24, 2.45) is 0 Å². The van der Waals surface area contributed by atoms with Crippen LogP contribution in [0.1, 0.15) is 39.8 Å². The van der Waals surface area contributed by atoms with E-state index in [2.05, 4.69) is 20.9 Å². The molecule has 1 atom stereocenters. The summed E-state index contributed by atoms with van der Waals surface area (Å²) in [6.07, 6.45) is 1.66. The Balaban J connectivity index is 1.81. The lowest BCUT2D eigenvalue weighted by atomic mass is 10.1. The second kappa shape index (κ2) is 9.45. The lowest BCUT2D eigenvalue weighted by Gasteiger charge is -2.40. The Bertz CT molecular complexity index is 1080. The largest absolute Gasteiger partial charge is 0.503 e. The number of hydrogen-bond donors (Lipinski definition) is 5. The number of likely N-dealkylation sites (N-methyl/N-ethyl adjacent to an activating group) is 2. The quantitative estimate of drug-likeness (QED) is 0.396. The number of aromatic hydroxyl groups is 1. The summed E-state index contributed by atoms with van der Waals surface area (Å²) in [7, 11) is 1.73. The number of aromatic nitrogens is 1. The predicted octanol–water partition coefficient (Wildman–Crippen LogP) is 0.660. The molecule has 0 spiro atoms. The normalized spacial score (nSPS) is 17.9. The van der Waals surface area contributed by atoms with Crippen LogP contribution in [0.4, 0.5) is 8.78 Å². The number of amides is 2. The standard InChI is InChI=1S/C21H25F2N5O4/c1-3-28(21(24-2)6-7-25-11-21)20(32)16-18(30)17(29)14(10-26-16)19(31)27-9-12-4-5-13(22)8-15(12)23/h4-5,8,10,24-25,30H,3,6-7,9,11H2,1-2H3,(H,26,29)(H,27,31). The minimum atomic E-state index is -1.04. The van der Waals surface area contributed by atoms with Crippen LogP contribution in [0.15, 0.2) is 29.2 Å². The molecule has 9 nitrogen and oxygen atoms in total. The molecule has 1 aromatic heterocycles. The van der Waals surface area contributed by atoms with Gasteiger partial charge in [-0.05, 0) is 33.0 Å². The van der Waals surface area contributed by atoms with Gasteiger partial charge in [0.2, 0.25) is 5.43 Å². The molecule has 0 aliphatic carbocycles. The third kappa shape index (κ3) is 4.34. The first-order valence-corrected chi connectivity index (χ1v) is 10.1. The average molecular weight is 449 g/mol. The Labute approximate surface area is 182 Å². The second-order valence-electron chi connectivity index (χ2n) is 7.43. The number of carbonyl (C=O) groups excluding carboxylic acids is 2. The summed E-state index contributed by atoms with van der Waals surface area (Å²) in [4.78, 5) is 42.2. The van der Waals surface area contributed by atoms with Crippen molar-refractivity contribution >= 4 is 11.8 Å². The molecule has 0 saturated carbocycles. The lowest BCUT2D eigenvalue weighted by molar-refractivity contribution is 0.0447. The maximum absolute atomic E-state index is 13.7. The molecule has 5 N–H and O–H groups in total. The van der Waals surface area contributed by atoms with Crippen molar-refractivity contribution in [3.05, 3.63) is 63.1 Å². The van der Waals surface area contributed by atoms with Crippen molar-refractivity contribution < 1.29 is 23.5 Å². The van der Waals surface area contributed by atoms with Crippen molar-refractivity contribution in [1.82, 2.24) is 25.8 Å². The van der Waals surface area contributed by atoms with E-state index >= 15 is 0 Å². The van der Waals surface area contributed by atoms with Gasteiger partial charge in [0.15, 0.2) is 11.4 Å². The van der Waals surface area contributed by atoms with Crippen LogP contribution in [-0.2, 0) is 6.54 Å². The van der Waals surface area contributed by atoms with Gasteiger partial charge in [0, 0.05) is 37.5 Å².